The molecule has 2 aliphatic carbocycles. The van der Waals surface area contributed by atoms with Crippen molar-refractivity contribution in [3.8, 4) is 0 Å². The van der Waals surface area contributed by atoms with Crippen LogP contribution in [0.25, 0.3) is 0 Å². The number of hydrogen-bond acceptors (Lipinski definition) is 1. The molecule has 0 aliphatic heterocycles. The van der Waals surface area contributed by atoms with Crippen molar-refractivity contribution < 1.29 is 9.90 Å². The molecule has 2 aliphatic rings. The average Bonchev–Trinajstić information content (AvgIpc) is 2.90. The summed E-state index contributed by atoms with van der Waals surface area (Å²) in [6.45, 7) is 2.13. The number of allylic oxidation sites excluding steroid dienone is 2. The molecule has 3 rings (SSSR count). The van der Waals surface area contributed by atoms with Gasteiger partial charge in [0, 0.05) is 6.42 Å². The lowest BCUT2D eigenvalue weighted by atomic mass is 9.76. The molecule has 0 spiro atoms. The second-order valence-electron chi connectivity index (χ2n) is 5.59. The van der Waals surface area contributed by atoms with Gasteiger partial charge in [-0.3, -0.25) is 4.79 Å². The molecule has 0 aromatic heterocycles. The van der Waals surface area contributed by atoms with Crippen LogP contribution in [0.2, 0.25) is 0 Å². The molecule has 1 aromatic carbocycles. The van der Waals surface area contributed by atoms with E-state index in [0.29, 0.717) is 24.2 Å². The van der Waals surface area contributed by atoms with Crippen molar-refractivity contribution in [2.75, 3.05) is 0 Å². The standard InChI is InChI=1S/C16H18O2/c1-10-4-2-3-5-13(10)16-12-7-6-11(8-12)14(16)9-15(17)18/h2-7,11-12,14,16H,8-9H2,1H3,(H,17,18). The van der Waals surface area contributed by atoms with E-state index in [9.17, 15) is 4.79 Å². The van der Waals surface area contributed by atoms with Gasteiger partial charge in [-0.25, -0.2) is 0 Å². The number of carboxylic acids is 1. The molecule has 4 unspecified atom stereocenters. The van der Waals surface area contributed by atoms with Gasteiger partial charge in [0.25, 0.3) is 0 Å². The van der Waals surface area contributed by atoms with E-state index in [4.69, 9.17) is 5.11 Å². The summed E-state index contributed by atoms with van der Waals surface area (Å²) in [6.07, 6.45) is 5.95. The summed E-state index contributed by atoms with van der Waals surface area (Å²) in [5, 5.41) is 9.11. The van der Waals surface area contributed by atoms with E-state index in [-0.39, 0.29) is 5.92 Å². The molecule has 0 saturated heterocycles. The molecule has 2 heteroatoms. The molecule has 2 nitrogen and oxygen atoms in total. The summed E-state index contributed by atoms with van der Waals surface area (Å²) in [6, 6.07) is 8.41. The first-order valence-electron chi connectivity index (χ1n) is 6.62. The predicted molar refractivity (Wildman–Crippen MR) is 70.4 cm³/mol. The van der Waals surface area contributed by atoms with Crippen LogP contribution in [-0.4, -0.2) is 11.1 Å². The maximum atomic E-state index is 11.1. The van der Waals surface area contributed by atoms with Gasteiger partial charge in [-0.2, -0.15) is 0 Å². The number of hydrogen-bond donors (Lipinski definition) is 1. The van der Waals surface area contributed by atoms with E-state index in [0.717, 1.165) is 6.42 Å². The van der Waals surface area contributed by atoms with Gasteiger partial charge in [-0.15, -0.1) is 0 Å². The van der Waals surface area contributed by atoms with Crippen LogP contribution in [-0.2, 0) is 4.79 Å². The van der Waals surface area contributed by atoms with Crippen molar-refractivity contribution in [1.82, 2.24) is 0 Å². The van der Waals surface area contributed by atoms with E-state index in [2.05, 4.69) is 37.3 Å². The zero-order valence-electron chi connectivity index (χ0n) is 10.5. The Kier molecular flexibility index (Phi) is 2.73. The maximum absolute atomic E-state index is 11.1. The SMILES string of the molecule is Cc1ccccc1C1C2C=CC(C2)C1CC(=O)O. The first kappa shape index (κ1) is 11.5. The van der Waals surface area contributed by atoms with Crippen LogP contribution in [0, 0.1) is 24.7 Å². The fourth-order valence-electron chi connectivity index (χ4n) is 3.83. The third-order valence-corrected chi connectivity index (χ3v) is 4.58. The van der Waals surface area contributed by atoms with Crippen LogP contribution in [0.3, 0.4) is 0 Å². The van der Waals surface area contributed by atoms with Gasteiger partial charge in [0.2, 0.25) is 0 Å². The van der Waals surface area contributed by atoms with Crippen molar-refractivity contribution in [2.24, 2.45) is 17.8 Å². The van der Waals surface area contributed by atoms with Gasteiger partial charge in [-0.1, -0.05) is 36.4 Å². The quantitative estimate of drug-likeness (QED) is 0.825. The minimum Gasteiger partial charge on any atom is -0.481 e. The van der Waals surface area contributed by atoms with Crippen molar-refractivity contribution >= 4 is 5.97 Å². The number of carboxylic acid groups (broad SMARTS) is 1. The van der Waals surface area contributed by atoms with Gasteiger partial charge < -0.3 is 5.11 Å². The maximum Gasteiger partial charge on any atom is 0.303 e. The fourth-order valence-corrected chi connectivity index (χ4v) is 3.83. The van der Waals surface area contributed by atoms with Gasteiger partial charge in [0.05, 0.1) is 0 Å². The minimum atomic E-state index is -0.667. The highest BCUT2D eigenvalue weighted by Gasteiger charge is 2.46. The molecule has 1 aromatic rings. The smallest absolute Gasteiger partial charge is 0.303 e. The van der Waals surface area contributed by atoms with Crippen LogP contribution in [0.5, 0.6) is 0 Å². The molecule has 1 fully saturated rings. The molecule has 18 heavy (non-hydrogen) atoms. The highest BCUT2D eigenvalue weighted by atomic mass is 16.4. The van der Waals surface area contributed by atoms with E-state index in [1.807, 2.05) is 6.07 Å². The Morgan fingerprint density at radius 2 is 2.00 bits per heavy atom. The number of benzene rings is 1. The second kappa shape index (κ2) is 4.27. The molecule has 2 bridgehead atoms. The first-order valence-corrected chi connectivity index (χ1v) is 6.62. The van der Waals surface area contributed by atoms with Crippen molar-refractivity contribution in [2.45, 2.75) is 25.7 Å². The third kappa shape index (κ3) is 1.76. The molecule has 1 N–H and O–H groups in total. The molecule has 0 radical (unpaired) electrons. The Labute approximate surface area is 107 Å². The second-order valence-corrected chi connectivity index (χ2v) is 5.59. The van der Waals surface area contributed by atoms with E-state index < -0.39 is 5.97 Å². The molecule has 1 saturated carbocycles. The summed E-state index contributed by atoms with van der Waals surface area (Å²) >= 11 is 0. The lowest BCUT2D eigenvalue weighted by Gasteiger charge is -2.28. The molecule has 94 valence electrons. The number of rotatable bonds is 3. The highest BCUT2D eigenvalue weighted by Crippen LogP contribution is 2.54. The van der Waals surface area contributed by atoms with Gasteiger partial charge >= 0.3 is 5.97 Å². The van der Waals surface area contributed by atoms with Crippen molar-refractivity contribution in [3.05, 3.63) is 47.5 Å². The number of aryl methyl sites for hydroxylation is 1. The van der Waals surface area contributed by atoms with Crippen molar-refractivity contribution in [1.29, 1.82) is 0 Å². The Balaban J connectivity index is 1.97. The van der Waals surface area contributed by atoms with E-state index in [1.165, 1.54) is 11.1 Å². The molecular weight excluding hydrogens is 224 g/mol. The highest BCUT2D eigenvalue weighted by molar-refractivity contribution is 5.67. The Morgan fingerprint density at radius 1 is 1.28 bits per heavy atom. The predicted octanol–water partition coefficient (Wildman–Crippen LogP) is 3.38. The van der Waals surface area contributed by atoms with E-state index in [1.54, 1.807) is 0 Å². The topological polar surface area (TPSA) is 37.3 Å². The monoisotopic (exact) mass is 242 g/mol. The fraction of sp³-hybridized carbons (Fsp3) is 0.438. The van der Waals surface area contributed by atoms with Gasteiger partial charge in [-0.05, 0) is 48.1 Å². The van der Waals surface area contributed by atoms with Crippen molar-refractivity contribution in [3.63, 3.8) is 0 Å². The lowest BCUT2D eigenvalue weighted by Crippen LogP contribution is -2.21. The zero-order valence-corrected chi connectivity index (χ0v) is 10.5. The lowest BCUT2D eigenvalue weighted by molar-refractivity contribution is -0.138. The summed E-state index contributed by atoms with van der Waals surface area (Å²) in [5.74, 6) is 1.02. The minimum absolute atomic E-state index is 0.276. The van der Waals surface area contributed by atoms with Gasteiger partial charge in [0.1, 0.15) is 0 Å². The van der Waals surface area contributed by atoms with Gasteiger partial charge in [0.15, 0.2) is 0 Å². The molecule has 4 atom stereocenters. The largest absolute Gasteiger partial charge is 0.481 e. The molecular formula is C16H18O2. The summed E-state index contributed by atoms with van der Waals surface area (Å²) < 4.78 is 0. The first-order chi connectivity index (χ1) is 8.66. The number of carbonyl (C=O) groups is 1. The Hall–Kier alpha value is -1.57. The summed E-state index contributed by atoms with van der Waals surface area (Å²) in [7, 11) is 0. The zero-order chi connectivity index (χ0) is 12.7. The summed E-state index contributed by atoms with van der Waals surface area (Å²) in [5.41, 5.74) is 2.64. The van der Waals surface area contributed by atoms with Crippen LogP contribution in [0.15, 0.2) is 36.4 Å². The molecule has 0 heterocycles. The Bertz CT molecular complexity index is 504. The van der Waals surface area contributed by atoms with Crippen LogP contribution < -0.4 is 0 Å². The third-order valence-electron chi connectivity index (χ3n) is 4.58. The summed E-state index contributed by atoms with van der Waals surface area (Å²) in [4.78, 5) is 11.1. The van der Waals surface area contributed by atoms with E-state index >= 15 is 0 Å². The van der Waals surface area contributed by atoms with Crippen LogP contribution in [0.4, 0.5) is 0 Å². The normalized spacial score (nSPS) is 32.9. The van der Waals surface area contributed by atoms with Crippen LogP contribution >= 0.6 is 0 Å². The molecule has 0 amide bonds. The van der Waals surface area contributed by atoms with Crippen LogP contribution in [0.1, 0.15) is 29.9 Å². The Morgan fingerprint density at radius 3 is 2.72 bits per heavy atom. The average molecular weight is 242 g/mol. The number of fused-ring (bicyclic) bond motifs is 2. The number of aliphatic carboxylic acids is 1.